The van der Waals surface area contributed by atoms with Crippen molar-refractivity contribution in [2.75, 3.05) is 5.75 Å². The van der Waals surface area contributed by atoms with E-state index in [1.54, 1.807) is 24.3 Å². The van der Waals surface area contributed by atoms with Crippen LogP contribution in [0.1, 0.15) is 18.2 Å². The number of nitrogens with zero attached hydrogens (tertiary/aromatic N) is 6. The first kappa shape index (κ1) is 22.2. The fourth-order valence-electron chi connectivity index (χ4n) is 3.05. The Hall–Kier alpha value is -4.05. The van der Waals surface area contributed by atoms with E-state index >= 15 is 0 Å². The third-order valence-corrected chi connectivity index (χ3v) is 6.52. The monoisotopic (exact) mass is 474 g/mol. The Morgan fingerprint density at radius 1 is 1.09 bits per heavy atom. The fraction of sp³-hybridized carbons (Fsp3) is 0.150. The Morgan fingerprint density at radius 3 is 2.39 bits per heavy atom. The molecule has 33 heavy (non-hydrogen) atoms. The molecule has 0 aliphatic heterocycles. The summed E-state index contributed by atoms with van der Waals surface area (Å²) in [6.07, 6.45) is -2.23. The molecule has 4 aromatic rings. The van der Waals surface area contributed by atoms with Gasteiger partial charge < -0.3 is 0 Å². The highest BCUT2D eigenvalue weighted by Crippen LogP contribution is 2.28. The van der Waals surface area contributed by atoms with Gasteiger partial charge in [-0.2, -0.15) is 23.1 Å². The summed E-state index contributed by atoms with van der Waals surface area (Å²) in [6, 6.07) is 9.60. The number of sulfone groups is 1. The number of alkyl halides is 3. The third-order valence-electron chi connectivity index (χ3n) is 4.79. The maximum Gasteiger partial charge on any atom is 0.434 e. The number of halogens is 3. The van der Waals surface area contributed by atoms with Crippen LogP contribution in [0.15, 0.2) is 58.6 Å². The lowest BCUT2D eigenvalue weighted by Crippen LogP contribution is -2.23. The van der Waals surface area contributed by atoms with Gasteiger partial charge in [0.15, 0.2) is 27.0 Å². The highest BCUT2D eigenvalue weighted by molar-refractivity contribution is 7.91. The van der Waals surface area contributed by atoms with Crippen molar-refractivity contribution in [3.05, 3.63) is 70.7 Å². The van der Waals surface area contributed by atoms with Crippen LogP contribution in [0.3, 0.4) is 0 Å². The van der Waals surface area contributed by atoms with Gasteiger partial charge in [0.2, 0.25) is 0 Å². The van der Waals surface area contributed by atoms with Gasteiger partial charge in [0, 0.05) is 18.0 Å². The van der Waals surface area contributed by atoms with E-state index in [9.17, 15) is 26.4 Å². The standard InChI is InChI=1S/C20H13F3N6O3S/c1-2-33(31,32)15-7-14(13-5-3-12(8-24)4-6-13)9-26-18(15)29-19(30)28-11-16(20(21,22)23)25-10-17(28)27-29/h3-7,9-11H,2H2,1H3. The van der Waals surface area contributed by atoms with Gasteiger partial charge in [0.05, 0.1) is 23.6 Å². The zero-order chi connectivity index (χ0) is 24.0. The van der Waals surface area contributed by atoms with Crippen LogP contribution in [0.5, 0.6) is 0 Å². The van der Waals surface area contributed by atoms with Crippen LogP contribution in [0.4, 0.5) is 13.2 Å². The summed E-state index contributed by atoms with van der Waals surface area (Å²) in [7, 11) is -3.93. The molecule has 0 radical (unpaired) electrons. The van der Waals surface area contributed by atoms with Crippen LogP contribution < -0.4 is 5.69 Å². The molecule has 13 heteroatoms. The molecule has 0 fully saturated rings. The quantitative estimate of drug-likeness (QED) is 0.445. The largest absolute Gasteiger partial charge is 0.434 e. The van der Waals surface area contributed by atoms with Gasteiger partial charge in [-0.15, -0.1) is 5.10 Å². The summed E-state index contributed by atoms with van der Waals surface area (Å²) in [4.78, 5) is 19.9. The molecule has 0 atom stereocenters. The molecule has 3 heterocycles. The molecule has 0 aliphatic rings. The Bertz CT molecular complexity index is 1580. The first-order valence-corrected chi connectivity index (χ1v) is 11.0. The molecule has 3 aromatic heterocycles. The summed E-state index contributed by atoms with van der Waals surface area (Å²) < 4.78 is 65.8. The Kier molecular flexibility index (Phi) is 5.25. The van der Waals surface area contributed by atoms with Gasteiger partial charge >= 0.3 is 11.9 Å². The summed E-state index contributed by atoms with van der Waals surface area (Å²) in [5, 5.41) is 12.9. The van der Waals surface area contributed by atoms with Crippen LogP contribution in [0.2, 0.25) is 0 Å². The lowest BCUT2D eigenvalue weighted by Gasteiger charge is -2.10. The van der Waals surface area contributed by atoms with Crippen LogP contribution in [-0.4, -0.2) is 38.3 Å². The van der Waals surface area contributed by atoms with Gasteiger partial charge in [0.25, 0.3) is 0 Å². The average molecular weight is 474 g/mol. The van der Waals surface area contributed by atoms with Crippen molar-refractivity contribution in [1.29, 1.82) is 5.26 Å². The normalized spacial score (nSPS) is 12.1. The second-order valence-electron chi connectivity index (χ2n) is 6.83. The number of rotatable bonds is 4. The molecule has 0 bridgehead atoms. The molecule has 0 saturated heterocycles. The first-order valence-electron chi connectivity index (χ1n) is 9.33. The lowest BCUT2D eigenvalue weighted by atomic mass is 10.1. The van der Waals surface area contributed by atoms with Crippen molar-refractivity contribution in [2.24, 2.45) is 0 Å². The molecule has 0 N–H and O–H groups in total. The number of hydrogen-bond donors (Lipinski definition) is 0. The molecule has 168 valence electrons. The molecule has 0 aliphatic carbocycles. The van der Waals surface area contributed by atoms with Gasteiger partial charge in [-0.1, -0.05) is 19.1 Å². The zero-order valence-corrected chi connectivity index (χ0v) is 17.6. The summed E-state index contributed by atoms with van der Waals surface area (Å²) in [5.41, 5.74) is -1.18. The van der Waals surface area contributed by atoms with Crippen molar-refractivity contribution < 1.29 is 21.6 Å². The van der Waals surface area contributed by atoms with E-state index in [-0.39, 0.29) is 22.1 Å². The smallest absolute Gasteiger partial charge is 0.246 e. The van der Waals surface area contributed by atoms with Crippen LogP contribution in [0.25, 0.3) is 22.6 Å². The molecule has 1 aromatic carbocycles. The van der Waals surface area contributed by atoms with Crippen molar-refractivity contribution in [2.45, 2.75) is 18.0 Å². The highest BCUT2D eigenvalue weighted by atomic mass is 32.2. The molecule has 4 rings (SSSR count). The Labute approximate surface area is 184 Å². The SMILES string of the molecule is CCS(=O)(=O)c1cc(-c2ccc(C#N)cc2)cnc1-n1nc2cnc(C(F)(F)F)cn2c1=O. The van der Waals surface area contributed by atoms with Crippen LogP contribution >= 0.6 is 0 Å². The molecular weight excluding hydrogens is 461 g/mol. The highest BCUT2D eigenvalue weighted by Gasteiger charge is 2.33. The Balaban J connectivity index is 1.93. The molecule has 0 saturated carbocycles. The maximum atomic E-state index is 13.0. The number of fused-ring (bicyclic) bond motifs is 1. The molecule has 9 nitrogen and oxygen atoms in total. The predicted molar refractivity (Wildman–Crippen MR) is 109 cm³/mol. The maximum absolute atomic E-state index is 13.0. The van der Waals surface area contributed by atoms with E-state index in [0.29, 0.717) is 32.0 Å². The predicted octanol–water partition coefficient (Wildman–Crippen LogP) is 2.63. The van der Waals surface area contributed by atoms with E-state index < -0.39 is 27.4 Å². The van der Waals surface area contributed by atoms with E-state index in [1.807, 2.05) is 6.07 Å². The minimum atomic E-state index is -4.78. The topological polar surface area (TPSA) is 123 Å². The van der Waals surface area contributed by atoms with Crippen molar-refractivity contribution >= 4 is 15.5 Å². The van der Waals surface area contributed by atoms with Gasteiger partial charge in [-0.25, -0.2) is 27.6 Å². The van der Waals surface area contributed by atoms with Crippen LogP contribution in [-0.2, 0) is 16.0 Å². The van der Waals surface area contributed by atoms with Gasteiger partial charge in [-0.3, -0.25) is 0 Å². The van der Waals surface area contributed by atoms with E-state index in [4.69, 9.17) is 5.26 Å². The third kappa shape index (κ3) is 3.96. The molecular formula is C20H13F3N6O3S. The fourth-order valence-corrected chi connectivity index (χ4v) is 4.08. The number of aromatic nitrogens is 5. The summed E-state index contributed by atoms with van der Waals surface area (Å²) >= 11 is 0. The minimum Gasteiger partial charge on any atom is -0.246 e. The van der Waals surface area contributed by atoms with Gasteiger partial charge in [-0.05, 0) is 23.8 Å². The van der Waals surface area contributed by atoms with E-state index in [1.165, 1.54) is 19.2 Å². The molecule has 0 unspecified atom stereocenters. The van der Waals surface area contributed by atoms with Crippen LogP contribution in [0, 0.1) is 11.3 Å². The first-order chi connectivity index (χ1) is 15.5. The summed E-state index contributed by atoms with van der Waals surface area (Å²) in [6.45, 7) is 1.40. The Morgan fingerprint density at radius 2 is 1.79 bits per heavy atom. The average Bonchev–Trinajstić information content (AvgIpc) is 3.14. The molecule has 0 spiro atoms. The molecule has 0 amide bonds. The summed E-state index contributed by atoms with van der Waals surface area (Å²) in [5.74, 6) is -0.670. The lowest BCUT2D eigenvalue weighted by molar-refractivity contribution is -0.141. The minimum absolute atomic E-state index is 0.217. The zero-order valence-electron chi connectivity index (χ0n) is 16.8. The van der Waals surface area contributed by atoms with E-state index in [2.05, 4.69) is 15.1 Å². The second kappa shape index (κ2) is 7.82. The number of pyridine rings is 1. The van der Waals surface area contributed by atoms with Crippen molar-refractivity contribution in [3.8, 4) is 23.0 Å². The number of nitriles is 1. The number of benzene rings is 1. The van der Waals surface area contributed by atoms with Crippen molar-refractivity contribution in [1.82, 2.24) is 24.1 Å². The number of hydrogen-bond acceptors (Lipinski definition) is 7. The van der Waals surface area contributed by atoms with Gasteiger partial charge in [0.1, 0.15) is 4.90 Å². The van der Waals surface area contributed by atoms with E-state index in [0.717, 1.165) is 6.20 Å². The second-order valence-corrected chi connectivity index (χ2v) is 9.08. The van der Waals surface area contributed by atoms with Crippen molar-refractivity contribution in [3.63, 3.8) is 0 Å².